The van der Waals surface area contributed by atoms with Crippen molar-refractivity contribution in [3.63, 3.8) is 0 Å². The summed E-state index contributed by atoms with van der Waals surface area (Å²) < 4.78 is 0. The number of hydrogen-bond acceptors (Lipinski definition) is 1. The van der Waals surface area contributed by atoms with Gasteiger partial charge in [0.25, 0.3) is 0 Å². The summed E-state index contributed by atoms with van der Waals surface area (Å²) in [5, 5.41) is 0. The van der Waals surface area contributed by atoms with E-state index >= 15 is 0 Å². The zero-order valence-electron chi connectivity index (χ0n) is 2.03. The molecule has 0 saturated carbocycles. The SMILES string of the molecule is O[P+](Cl)(Cl)Cl. The Hall–Kier alpha value is 1.26. The fourth-order valence-corrected chi connectivity index (χ4v) is 0. The van der Waals surface area contributed by atoms with Crippen molar-refractivity contribution in [2.75, 3.05) is 0 Å². The lowest BCUT2D eigenvalue weighted by Crippen LogP contribution is -1.43. The molecule has 0 amide bonds. The highest BCUT2D eigenvalue weighted by atomic mass is 36.1. The van der Waals surface area contributed by atoms with Gasteiger partial charge >= 0.3 is 5.55 Å². The second kappa shape index (κ2) is 1.81. The maximum absolute atomic E-state index is 7.93. The van der Waals surface area contributed by atoms with Crippen LogP contribution in [-0.2, 0) is 0 Å². The average molecular weight is 154 g/mol. The summed E-state index contributed by atoms with van der Waals surface area (Å²) in [6, 6.07) is 0. The van der Waals surface area contributed by atoms with Crippen LogP contribution in [0.3, 0.4) is 0 Å². The van der Waals surface area contributed by atoms with Crippen molar-refractivity contribution < 1.29 is 4.89 Å². The van der Waals surface area contributed by atoms with Crippen molar-refractivity contribution in [1.82, 2.24) is 0 Å². The van der Waals surface area contributed by atoms with Gasteiger partial charge in [-0.2, -0.15) is 4.89 Å². The quantitative estimate of drug-likeness (QED) is 0.531. The van der Waals surface area contributed by atoms with E-state index in [2.05, 4.69) is 0 Å². The van der Waals surface area contributed by atoms with Gasteiger partial charge in [-0.3, -0.25) is 0 Å². The van der Waals surface area contributed by atoms with Crippen molar-refractivity contribution in [3.8, 4) is 0 Å². The van der Waals surface area contributed by atoms with Gasteiger partial charge in [0.2, 0.25) is 0 Å². The third-order valence-electron chi connectivity index (χ3n) is 0. The molecular formula is HCl3OP+. The Bertz CT molecular complexity index is 22.4. The van der Waals surface area contributed by atoms with Crippen molar-refractivity contribution in [1.29, 1.82) is 0 Å². The molecule has 0 fully saturated rings. The van der Waals surface area contributed by atoms with E-state index in [0.29, 0.717) is 0 Å². The number of rotatable bonds is 0. The Balaban J connectivity index is 3.02. The van der Waals surface area contributed by atoms with Gasteiger partial charge in [-0.15, -0.1) is 0 Å². The van der Waals surface area contributed by atoms with E-state index < -0.39 is 5.55 Å². The van der Waals surface area contributed by atoms with Gasteiger partial charge in [-0.1, -0.05) is 0 Å². The van der Waals surface area contributed by atoms with Gasteiger partial charge in [-0.05, 0) is 0 Å². The molecule has 0 aromatic heterocycles. The van der Waals surface area contributed by atoms with Gasteiger partial charge in [0.1, 0.15) is 0 Å². The van der Waals surface area contributed by atoms with Crippen LogP contribution < -0.4 is 0 Å². The van der Waals surface area contributed by atoms with Gasteiger partial charge in [0.05, 0.1) is 0 Å². The van der Waals surface area contributed by atoms with Crippen molar-refractivity contribution in [3.05, 3.63) is 0 Å². The lowest BCUT2D eigenvalue weighted by atomic mass is 15.9. The van der Waals surface area contributed by atoms with Crippen LogP contribution in [0.2, 0.25) is 0 Å². The first kappa shape index (κ1) is 6.26. The van der Waals surface area contributed by atoms with E-state index in [0.717, 1.165) is 0 Å². The predicted molar refractivity (Wildman–Crippen MR) is 26.7 cm³/mol. The number of halogens is 3. The summed E-state index contributed by atoms with van der Waals surface area (Å²) in [6.07, 6.45) is 0. The third kappa shape index (κ3) is 35.2. The van der Waals surface area contributed by atoms with E-state index in [4.69, 9.17) is 38.6 Å². The fraction of sp³-hybridized carbons (Fsp3) is 0. The molecule has 5 heavy (non-hydrogen) atoms. The Kier molecular flexibility index (Phi) is 2.27. The Morgan fingerprint density at radius 2 is 1.20 bits per heavy atom. The van der Waals surface area contributed by atoms with E-state index in [9.17, 15) is 0 Å². The molecule has 1 N–H and O–H groups in total. The predicted octanol–water partition coefficient (Wildman–Crippen LogP) is 2.37. The molecule has 0 spiro atoms. The van der Waals surface area contributed by atoms with Crippen LogP contribution in [0.5, 0.6) is 0 Å². The molecule has 32 valence electrons. The zero-order valence-corrected chi connectivity index (χ0v) is 5.19. The molecule has 0 aliphatic heterocycles. The lowest BCUT2D eigenvalue weighted by molar-refractivity contribution is 0.648. The minimum Gasteiger partial charge on any atom is -0.198 e. The minimum atomic E-state index is -2.97. The molecular weight excluding hydrogens is 153 g/mol. The molecule has 0 aliphatic rings. The van der Waals surface area contributed by atoms with Crippen LogP contribution in [0.15, 0.2) is 0 Å². The molecule has 5 heteroatoms. The normalized spacial score (nSPS) is 12.0. The Morgan fingerprint density at radius 1 is 1.20 bits per heavy atom. The smallest absolute Gasteiger partial charge is 0.198 e. The average Bonchev–Trinajstić information content (AvgIpc) is 0.722. The first-order valence-corrected chi connectivity index (χ1v) is 5.16. The Morgan fingerprint density at radius 3 is 1.20 bits per heavy atom. The third-order valence-corrected chi connectivity index (χ3v) is 0. The van der Waals surface area contributed by atoms with Crippen LogP contribution >= 0.6 is 39.3 Å². The van der Waals surface area contributed by atoms with Crippen LogP contribution in [-0.4, -0.2) is 4.89 Å². The minimum absolute atomic E-state index is 2.97. The zero-order chi connectivity index (χ0) is 4.50. The molecule has 0 radical (unpaired) electrons. The van der Waals surface area contributed by atoms with E-state index in [1.165, 1.54) is 0 Å². The molecule has 0 heterocycles. The molecule has 0 aromatic rings. The van der Waals surface area contributed by atoms with Crippen LogP contribution in [0, 0.1) is 0 Å². The standard InChI is InChI=1S/Cl3HOP/c1-5(2,3)4/h4H/q+1. The highest BCUT2D eigenvalue weighted by molar-refractivity contribution is 8.29. The van der Waals surface area contributed by atoms with Gasteiger partial charge in [0.15, 0.2) is 33.7 Å². The summed E-state index contributed by atoms with van der Waals surface area (Å²) in [5.41, 5.74) is -2.97. The maximum Gasteiger partial charge on any atom is 0.433 e. The highest BCUT2D eigenvalue weighted by Crippen LogP contribution is 2.69. The van der Waals surface area contributed by atoms with Crippen LogP contribution in [0.1, 0.15) is 0 Å². The maximum atomic E-state index is 7.93. The monoisotopic (exact) mass is 153 g/mol. The fourth-order valence-electron chi connectivity index (χ4n) is 0. The van der Waals surface area contributed by atoms with E-state index in [1.54, 1.807) is 0 Å². The summed E-state index contributed by atoms with van der Waals surface area (Å²) in [6.45, 7) is 0. The van der Waals surface area contributed by atoms with Crippen molar-refractivity contribution in [2.24, 2.45) is 0 Å². The number of hydrogen-bond donors (Lipinski definition) is 1. The molecule has 0 bridgehead atoms. The first-order valence-electron chi connectivity index (χ1n) is 0.707. The van der Waals surface area contributed by atoms with Gasteiger partial charge in [-0.25, -0.2) is 0 Å². The largest absolute Gasteiger partial charge is 0.433 e. The van der Waals surface area contributed by atoms with E-state index in [-0.39, 0.29) is 0 Å². The van der Waals surface area contributed by atoms with Gasteiger partial charge < -0.3 is 0 Å². The summed E-state index contributed by atoms with van der Waals surface area (Å²) in [4.78, 5) is 7.93. The van der Waals surface area contributed by atoms with Crippen LogP contribution in [0.4, 0.5) is 0 Å². The first-order chi connectivity index (χ1) is 2.00. The van der Waals surface area contributed by atoms with Crippen molar-refractivity contribution >= 4 is 39.3 Å². The molecule has 0 aromatic carbocycles. The topological polar surface area (TPSA) is 20.2 Å². The van der Waals surface area contributed by atoms with Crippen LogP contribution in [0.25, 0.3) is 0 Å². The lowest BCUT2D eigenvalue weighted by Gasteiger charge is -1.76. The van der Waals surface area contributed by atoms with E-state index in [1.807, 2.05) is 0 Å². The Labute approximate surface area is 44.6 Å². The second-order valence-corrected chi connectivity index (χ2v) is 7.22. The molecule has 1 nitrogen and oxygen atoms in total. The van der Waals surface area contributed by atoms with Gasteiger partial charge in [0, 0.05) is 0 Å². The summed E-state index contributed by atoms with van der Waals surface area (Å²) in [5.74, 6) is 0. The summed E-state index contributed by atoms with van der Waals surface area (Å²) >= 11 is 14.2. The molecule has 0 atom stereocenters. The molecule has 0 aliphatic carbocycles. The molecule has 0 unspecified atom stereocenters. The summed E-state index contributed by atoms with van der Waals surface area (Å²) in [7, 11) is 0. The highest BCUT2D eigenvalue weighted by Gasteiger charge is 2.27. The molecule has 0 saturated heterocycles. The second-order valence-electron chi connectivity index (χ2n) is 0.418. The van der Waals surface area contributed by atoms with Crippen molar-refractivity contribution in [2.45, 2.75) is 0 Å². The molecule has 0 rings (SSSR count).